The molecular formula is C23H34F3N5O2. The minimum Gasteiger partial charge on any atom is -0.379 e. The number of rotatable bonds is 5. The van der Waals surface area contributed by atoms with Gasteiger partial charge in [0.05, 0.1) is 47.9 Å². The number of fused-ring (bicyclic) bond motifs is 1. The largest absolute Gasteiger partial charge is 0.407 e. The van der Waals surface area contributed by atoms with Crippen LogP contribution in [0, 0.1) is 17.8 Å². The molecule has 0 aromatic carbocycles. The number of ether oxygens (including phenoxy) is 1. The highest BCUT2D eigenvalue weighted by molar-refractivity contribution is 6.16. The van der Waals surface area contributed by atoms with Gasteiger partial charge in [0.25, 0.3) is 0 Å². The fourth-order valence-electron chi connectivity index (χ4n) is 6.02. The molecule has 7 nitrogen and oxygen atoms in total. The van der Waals surface area contributed by atoms with Crippen LogP contribution in [0.5, 0.6) is 0 Å². The highest BCUT2D eigenvalue weighted by Gasteiger charge is 2.57. The van der Waals surface area contributed by atoms with Crippen LogP contribution in [0.4, 0.5) is 13.2 Å². The zero-order valence-corrected chi connectivity index (χ0v) is 19.9. The van der Waals surface area contributed by atoms with E-state index in [4.69, 9.17) is 14.7 Å². The summed E-state index contributed by atoms with van der Waals surface area (Å²) < 4.78 is 44.1. The lowest BCUT2D eigenvalue weighted by Crippen LogP contribution is -2.53. The van der Waals surface area contributed by atoms with Gasteiger partial charge in [-0.3, -0.25) is 19.8 Å². The lowest BCUT2D eigenvalue weighted by atomic mass is 9.75. The molecule has 1 amide bonds. The first-order valence-electron chi connectivity index (χ1n) is 11.8. The fraction of sp³-hybridized carbons (Fsp3) is 0.826. The van der Waals surface area contributed by atoms with E-state index in [1.54, 1.807) is 12.0 Å². The first kappa shape index (κ1) is 24.2. The molecule has 0 aromatic heterocycles. The lowest BCUT2D eigenvalue weighted by molar-refractivity contribution is -0.146. The van der Waals surface area contributed by atoms with Crippen LogP contribution in [0.1, 0.15) is 47.0 Å². The van der Waals surface area contributed by atoms with Crippen molar-refractivity contribution in [3.05, 3.63) is 0 Å². The van der Waals surface area contributed by atoms with E-state index in [-0.39, 0.29) is 48.4 Å². The van der Waals surface area contributed by atoms with Crippen LogP contribution in [0.25, 0.3) is 0 Å². The molecular weight excluding hydrogens is 435 g/mol. The quantitative estimate of drug-likeness (QED) is 0.621. The highest BCUT2D eigenvalue weighted by Crippen LogP contribution is 2.44. The van der Waals surface area contributed by atoms with Crippen molar-refractivity contribution < 1.29 is 22.7 Å². The summed E-state index contributed by atoms with van der Waals surface area (Å²) in [6, 6.07) is -0.335. The molecule has 7 unspecified atom stereocenters. The summed E-state index contributed by atoms with van der Waals surface area (Å²) in [5.74, 6) is -0.178. The Labute approximate surface area is 193 Å². The van der Waals surface area contributed by atoms with Gasteiger partial charge in [-0.05, 0) is 39.0 Å². The minimum absolute atomic E-state index is 0.0106. The summed E-state index contributed by atoms with van der Waals surface area (Å²) in [6.45, 7) is 6.98. The number of hydrogen-bond acceptors (Lipinski definition) is 6. The van der Waals surface area contributed by atoms with E-state index in [1.165, 1.54) is 6.21 Å². The summed E-state index contributed by atoms with van der Waals surface area (Å²) in [5.41, 5.74) is 0.136. The maximum Gasteiger partial charge on any atom is 0.407 e. The number of aliphatic imine (C=N–C) groups is 2. The molecule has 0 bridgehead atoms. The van der Waals surface area contributed by atoms with Crippen molar-refractivity contribution in [1.29, 1.82) is 0 Å². The van der Waals surface area contributed by atoms with Gasteiger partial charge >= 0.3 is 6.18 Å². The summed E-state index contributed by atoms with van der Waals surface area (Å²) in [6.07, 6.45) is 1.74. The highest BCUT2D eigenvalue weighted by atomic mass is 19.4. The molecule has 4 aliphatic rings. The second-order valence-corrected chi connectivity index (χ2v) is 10.3. The van der Waals surface area contributed by atoms with E-state index in [1.807, 2.05) is 20.1 Å². The van der Waals surface area contributed by atoms with Crippen molar-refractivity contribution in [1.82, 2.24) is 9.91 Å². The monoisotopic (exact) mass is 469 g/mol. The molecule has 184 valence electrons. The Balaban J connectivity index is 1.57. The van der Waals surface area contributed by atoms with Crippen LogP contribution in [0.2, 0.25) is 0 Å². The average molecular weight is 470 g/mol. The molecule has 0 N–H and O–H groups in total. The minimum atomic E-state index is -4.34. The molecule has 4 aliphatic heterocycles. The Bertz CT molecular complexity index is 856. The molecule has 7 atom stereocenters. The molecule has 4 heterocycles. The SMILES string of the molecule is CCC1N=CC(C2CC(C)C3C(=O)N(C4C=NN(CC(F)(F)F)C4)C(C)(C)C3=N2)CC1OC. The number of methoxy groups -OCH3 is 1. The molecule has 0 aromatic rings. The van der Waals surface area contributed by atoms with Crippen molar-refractivity contribution in [2.24, 2.45) is 32.8 Å². The Morgan fingerprint density at radius 2 is 1.97 bits per heavy atom. The number of carbonyl (C=O) groups is 1. The number of halogens is 3. The van der Waals surface area contributed by atoms with Gasteiger partial charge in [-0.25, -0.2) is 0 Å². The first-order chi connectivity index (χ1) is 15.5. The van der Waals surface area contributed by atoms with Crippen LogP contribution >= 0.6 is 0 Å². The van der Waals surface area contributed by atoms with Crippen LogP contribution in [-0.2, 0) is 9.53 Å². The van der Waals surface area contributed by atoms with Crippen LogP contribution in [0.15, 0.2) is 15.1 Å². The number of nitrogens with zero attached hydrogens (tertiary/aromatic N) is 5. The summed E-state index contributed by atoms with van der Waals surface area (Å²) in [4.78, 5) is 25.0. The smallest absolute Gasteiger partial charge is 0.379 e. The fourth-order valence-corrected chi connectivity index (χ4v) is 6.02. The number of likely N-dealkylation sites (tertiary alicyclic amines) is 1. The molecule has 0 spiro atoms. The van der Waals surface area contributed by atoms with Gasteiger partial charge in [0.15, 0.2) is 0 Å². The average Bonchev–Trinajstić information content (AvgIpc) is 3.25. The molecule has 1 fully saturated rings. The van der Waals surface area contributed by atoms with Gasteiger partial charge in [-0.15, -0.1) is 0 Å². The Morgan fingerprint density at radius 1 is 1.24 bits per heavy atom. The second kappa shape index (κ2) is 8.67. The maximum absolute atomic E-state index is 13.5. The van der Waals surface area contributed by atoms with Gasteiger partial charge in [0.2, 0.25) is 5.91 Å². The number of hydrazone groups is 1. The Hall–Kier alpha value is -1.97. The molecule has 0 aliphatic carbocycles. The van der Waals surface area contributed by atoms with E-state index in [0.717, 1.165) is 30.0 Å². The van der Waals surface area contributed by atoms with E-state index in [0.29, 0.717) is 0 Å². The zero-order chi connectivity index (χ0) is 24.1. The maximum atomic E-state index is 13.5. The van der Waals surface area contributed by atoms with Crippen LogP contribution < -0.4 is 0 Å². The standard InChI is InChI=1S/C23H34F3N5O2/c1-6-16-18(33-5)8-14(9-27-16)17-7-13(2)19-20(29-17)22(3,4)31(21(19)32)15-10-28-30(11-15)12-23(24,25)26/h9-10,13-19H,6-8,11-12H2,1-5H3. The third-order valence-electron chi connectivity index (χ3n) is 7.63. The van der Waals surface area contributed by atoms with Crippen molar-refractivity contribution in [3.8, 4) is 0 Å². The third-order valence-corrected chi connectivity index (χ3v) is 7.63. The predicted octanol–water partition coefficient (Wildman–Crippen LogP) is 3.19. The zero-order valence-electron chi connectivity index (χ0n) is 19.9. The number of hydrogen-bond donors (Lipinski definition) is 0. The second-order valence-electron chi connectivity index (χ2n) is 10.3. The van der Waals surface area contributed by atoms with E-state index in [2.05, 4.69) is 18.9 Å². The van der Waals surface area contributed by atoms with Gasteiger partial charge in [-0.1, -0.05) is 13.8 Å². The van der Waals surface area contributed by atoms with Gasteiger partial charge < -0.3 is 9.64 Å². The van der Waals surface area contributed by atoms with Gasteiger partial charge in [-0.2, -0.15) is 18.3 Å². The van der Waals surface area contributed by atoms with Crippen molar-refractivity contribution in [3.63, 3.8) is 0 Å². The van der Waals surface area contributed by atoms with Crippen molar-refractivity contribution in [2.75, 3.05) is 20.2 Å². The van der Waals surface area contributed by atoms with Gasteiger partial charge in [0.1, 0.15) is 6.54 Å². The van der Waals surface area contributed by atoms with Crippen LogP contribution in [0.3, 0.4) is 0 Å². The summed E-state index contributed by atoms with van der Waals surface area (Å²) in [5, 5.41) is 4.91. The third kappa shape index (κ3) is 4.42. The molecule has 33 heavy (non-hydrogen) atoms. The molecule has 4 rings (SSSR count). The predicted molar refractivity (Wildman–Crippen MR) is 121 cm³/mol. The van der Waals surface area contributed by atoms with E-state index < -0.39 is 24.3 Å². The first-order valence-corrected chi connectivity index (χ1v) is 11.8. The lowest BCUT2D eigenvalue weighted by Gasteiger charge is -2.38. The Kier molecular flexibility index (Phi) is 6.35. The Morgan fingerprint density at radius 3 is 2.61 bits per heavy atom. The number of alkyl halides is 3. The van der Waals surface area contributed by atoms with E-state index >= 15 is 0 Å². The summed E-state index contributed by atoms with van der Waals surface area (Å²) >= 11 is 0. The number of carbonyl (C=O) groups excluding carboxylic acids is 1. The molecule has 1 saturated heterocycles. The molecule has 0 saturated carbocycles. The van der Waals surface area contributed by atoms with Crippen molar-refractivity contribution >= 4 is 24.0 Å². The molecule has 10 heteroatoms. The number of amides is 1. The van der Waals surface area contributed by atoms with Crippen LogP contribution in [-0.4, -0.2) is 90.1 Å². The van der Waals surface area contributed by atoms with E-state index in [9.17, 15) is 18.0 Å². The molecule has 0 radical (unpaired) electrons. The topological polar surface area (TPSA) is 69.9 Å². The normalized spacial score (nSPS) is 38.1. The summed E-state index contributed by atoms with van der Waals surface area (Å²) in [7, 11) is 1.72. The van der Waals surface area contributed by atoms with Crippen molar-refractivity contribution in [2.45, 2.75) is 82.9 Å². The van der Waals surface area contributed by atoms with Gasteiger partial charge in [0, 0.05) is 25.5 Å².